The number of aryl methyl sites for hydroxylation is 1. The number of halogens is 3. The van der Waals surface area contributed by atoms with E-state index in [4.69, 9.17) is 9.52 Å². The number of hydrogen-bond donors (Lipinski definition) is 2. The van der Waals surface area contributed by atoms with E-state index in [1.165, 1.54) is 18.6 Å². The molecule has 2 N–H and O–H groups in total. The van der Waals surface area contributed by atoms with E-state index in [9.17, 15) is 22.8 Å². The first-order chi connectivity index (χ1) is 17.1. The third-order valence-corrected chi connectivity index (χ3v) is 6.57. The summed E-state index contributed by atoms with van der Waals surface area (Å²) in [6.07, 6.45) is 0.492. The monoisotopic (exact) mass is 500 g/mol. The van der Waals surface area contributed by atoms with Crippen LogP contribution >= 0.6 is 0 Å². The molecule has 2 atom stereocenters. The van der Waals surface area contributed by atoms with Gasteiger partial charge in [-0.25, -0.2) is 9.78 Å². The maximum Gasteiger partial charge on any atom is 0.437 e. The highest BCUT2D eigenvalue weighted by atomic mass is 19.4. The number of carbonyl (C=O) groups excluding carboxylic acids is 1. The lowest BCUT2D eigenvalue weighted by atomic mass is 9.80. The van der Waals surface area contributed by atoms with Gasteiger partial charge >= 0.3 is 12.1 Å². The molecule has 0 bridgehead atoms. The third-order valence-electron chi connectivity index (χ3n) is 6.57. The van der Waals surface area contributed by atoms with Crippen LogP contribution in [-0.2, 0) is 12.6 Å². The quantitative estimate of drug-likeness (QED) is 0.362. The Bertz CT molecular complexity index is 1220. The van der Waals surface area contributed by atoms with Crippen molar-refractivity contribution in [3.05, 3.63) is 71.4 Å². The molecule has 0 saturated heterocycles. The average Bonchev–Trinajstić information content (AvgIpc) is 3.29. The zero-order valence-corrected chi connectivity index (χ0v) is 19.8. The summed E-state index contributed by atoms with van der Waals surface area (Å²) in [4.78, 5) is 27.3. The fourth-order valence-electron chi connectivity index (χ4n) is 4.71. The van der Waals surface area contributed by atoms with Crippen LogP contribution in [-0.4, -0.2) is 22.0 Å². The summed E-state index contributed by atoms with van der Waals surface area (Å²) in [7, 11) is 0. The molecule has 1 aromatic heterocycles. The molecule has 36 heavy (non-hydrogen) atoms. The molecule has 3 aromatic rings. The Morgan fingerprint density at radius 1 is 1.06 bits per heavy atom. The number of nitrogens with one attached hydrogen (secondary N) is 1. The van der Waals surface area contributed by atoms with E-state index in [-0.39, 0.29) is 23.6 Å². The SMILES string of the molecule is CC1CCCC(CCc2nc(C(F)(F)F)c(C(=O)Nc3ccc(-c4ccc(C(=O)O)cc4)cc3)o2)C1. The number of carboxylic acid groups (broad SMARTS) is 1. The van der Waals surface area contributed by atoms with Gasteiger partial charge in [-0.3, -0.25) is 4.79 Å². The van der Waals surface area contributed by atoms with Gasteiger partial charge in [0.05, 0.1) is 5.56 Å². The number of rotatable bonds is 7. The molecule has 6 nitrogen and oxygen atoms in total. The number of carboxylic acids is 1. The predicted molar refractivity (Wildman–Crippen MR) is 128 cm³/mol. The van der Waals surface area contributed by atoms with Crippen LogP contribution in [0.15, 0.2) is 52.9 Å². The van der Waals surface area contributed by atoms with Crippen LogP contribution in [0.2, 0.25) is 0 Å². The molecule has 1 aliphatic carbocycles. The fraction of sp³-hybridized carbons (Fsp3) is 0.370. The number of hydrogen-bond acceptors (Lipinski definition) is 4. The summed E-state index contributed by atoms with van der Waals surface area (Å²) in [5.41, 5.74) is 0.627. The first-order valence-corrected chi connectivity index (χ1v) is 11.9. The van der Waals surface area contributed by atoms with E-state index in [2.05, 4.69) is 17.2 Å². The Kier molecular flexibility index (Phi) is 7.47. The normalized spacial score (nSPS) is 18.1. The van der Waals surface area contributed by atoms with Gasteiger partial charge in [0, 0.05) is 12.1 Å². The third kappa shape index (κ3) is 6.13. The van der Waals surface area contributed by atoms with Gasteiger partial charge in [-0.2, -0.15) is 13.2 Å². The Morgan fingerprint density at radius 3 is 2.28 bits per heavy atom. The second-order valence-electron chi connectivity index (χ2n) is 9.37. The molecular weight excluding hydrogens is 473 g/mol. The van der Waals surface area contributed by atoms with Gasteiger partial charge in [0.1, 0.15) is 0 Å². The molecule has 1 fully saturated rings. The number of aromatic nitrogens is 1. The van der Waals surface area contributed by atoms with Gasteiger partial charge in [0.25, 0.3) is 5.91 Å². The van der Waals surface area contributed by atoms with Gasteiger partial charge in [0.2, 0.25) is 5.76 Å². The average molecular weight is 501 g/mol. The minimum Gasteiger partial charge on any atom is -0.478 e. The lowest BCUT2D eigenvalue weighted by Gasteiger charge is -2.26. The number of alkyl halides is 3. The molecular formula is C27H27F3N2O4. The highest BCUT2D eigenvalue weighted by Gasteiger charge is 2.41. The number of nitrogens with zero attached hydrogens (tertiary/aromatic N) is 1. The first kappa shape index (κ1) is 25.5. The van der Waals surface area contributed by atoms with Crippen molar-refractivity contribution >= 4 is 17.6 Å². The zero-order valence-electron chi connectivity index (χ0n) is 19.8. The lowest BCUT2D eigenvalue weighted by Crippen LogP contribution is -2.17. The standard InChI is InChI=1S/C27H27F3N2O4/c1-16-3-2-4-17(15-16)5-14-22-32-24(27(28,29)30)23(36-22)25(33)31-21-12-10-19(11-13-21)18-6-8-20(9-7-18)26(34)35/h6-13,16-17H,2-5,14-15H2,1H3,(H,31,33)(H,34,35). The van der Waals surface area contributed by atoms with E-state index in [1.807, 2.05) is 0 Å². The minimum absolute atomic E-state index is 0.0779. The highest BCUT2D eigenvalue weighted by Crippen LogP contribution is 2.35. The number of amides is 1. The predicted octanol–water partition coefficient (Wildman–Crippen LogP) is 7.07. The zero-order chi connectivity index (χ0) is 25.9. The molecule has 0 aliphatic heterocycles. The molecule has 1 saturated carbocycles. The van der Waals surface area contributed by atoms with Crippen molar-refractivity contribution in [3.8, 4) is 11.1 Å². The molecule has 0 radical (unpaired) electrons. The molecule has 2 unspecified atom stereocenters. The van der Waals surface area contributed by atoms with Crippen molar-refractivity contribution in [1.29, 1.82) is 0 Å². The van der Waals surface area contributed by atoms with Gasteiger partial charge in [-0.05, 0) is 60.1 Å². The van der Waals surface area contributed by atoms with Gasteiger partial charge < -0.3 is 14.8 Å². The number of anilines is 1. The summed E-state index contributed by atoms with van der Waals surface area (Å²) >= 11 is 0. The van der Waals surface area contributed by atoms with Crippen LogP contribution in [0.25, 0.3) is 11.1 Å². The maximum absolute atomic E-state index is 13.6. The van der Waals surface area contributed by atoms with Crippen molar-refractivity contribution in [1.82, 2.24) is 4.98 Å². The van der Waals surface area contributed by atoms with Crippen LogP contribution < -0.4 is 5.32 Å². The van der Waals surface area contributed by atoms with Crippen molar-refractivity contribution in [2.45, 2.75) is 51.6 Å². The number of carbonyl (C=O) groups is 2. The van der Waals surface area contributed by atoms with E-state index in [0.29, 0.717) is 18.3 Å². The molecule has 4 rings (SSSR count). The van der Waals surface area contributed by atoms with E-state index < -0.39 is 29.5 Å². The van der Waals surface area contributed by atoms with Crippen molar-refractivity contribution in [3.63, 3.8) is 0 Å². The summed E-state index contributed by atoms with van der Waals surface area (Å²) in [5, 5.41) is 11.5. The second kappa shape index (κ2) is 10.6. The Balaban J connectivity index is 1.45. The number of aromatic carboxylic acids is 1. The maximum atomic E-state index is 13.6. The Labute approximate surface area is 206 Å². The topological polar surface area (TPSA) is 92.4 Å². The van der Waals surface area contributed by atoms with Gasteiger partial charge in [-0.15, -0.1) is 0 Å². The smallest absolute Gasteiger partial charge is 0.437 e. The lowest BCUT2D eigenvalue weighted by molar-refractivity contribution is -0.141. The Morgan fingerprint density at radius 2 is 1.69 bits per heavy atom. The molecule has 9 heteroatoms. The minimum atomic E-state index is -4.82. The van der Waals surface area contributed by atoms with Crippen LogP contribution in [0.1, 0.15) is 71.5 Å². The second-order valence-corrected chi connectivity index (χ2v) is 9.37. The molecule has 1 heterocycles. The molecule has 0 spiro atoms. The summed E-state index contributed by atoms with van der Waals surface area (Å²) in [5.74, 6) is -1.95. The van der Waals surface area contributed by atoms with Crippen LogP contribution in [0.5, 0.6) is 0 Å². The summed E-state index contributed by atoms with van der Waals surface area (Å²) in [6, 6.07) is 12.7. The molecule has 2 aromatic carbocycles. The van der Waals surface area contributed by atoms with Crippen molar-refractivity contribution in [2.75, 3.05) is 5.32 Å². The highest BCUT2D eigenvalue weighted by molar-refractivity contribution is 6.03. The molecule has 1 aliphatic rings. The van der Waals surface area contributed by atoms with E-state index in [1.54, 1.807) is 36.4 Å². The van der Waals surface area contributed by atoms with Crippen molar-refractivity contribution < 1.29 is 32.3 Å². The van der Waals surface area contributed by atoms with Gasteiger partial charge in [-0.1, -0.05) is 50.5 Å². The first-order valence-electron chi connectivity index (χ1n) is 11.9. The van der Waals surface area contributed by atoms with Crippen LogP contribution in [0, 0.1) is 11.8 Å². The Hall–Kier alpha value is -3.62. The van der Waals surface area contributed by atoms with E-state index in [0.717, 1.165) is 30.4 Å². The van der Waals surface area contributed by atoms with Gasteiger partial charge in [0.15, 0.2) is 11.6 Å². The number of benzene rings is 2. The number of oxazole rings is 1. The van der Waals surface area contributed by atoms with Crippen molar-refractivity contribution in [2.24, 2.45) is 11.8 Å². The van der Waals surface area contributed by atoms with Crippen LogP contribution in [0.3, 0.4) is 0 Å². The summed E-state index contributed by atoms with van der Waals surface area (Å²) < 4.78 is 46.1. The van der Waals surface area contributed by atoms with Crippen LogP contribution in [0.4, 0.5) is 18.9 Å². The summed E-state index contributed by atoms with van der Waals surface area (Å²) in [6.45, 7) is 2.18. The fourth-order valence-corrected chi connectivity index (χ4v) is 4.71. The molecule has 190 valence electrons. The largest absolute Gasteiger partial charge is 0.478 e. The molecule has 1 amide bonds. The van der Waals surface area contributed by atoms with E-state index >= 15 is 0 Å².